The molecule has 1 saturated heterocycles. The Morgan fingerprint density at radius 3 is 2.62 bits per heavy atom. The first-order chi connectivity index (χ1) is 7.72. The van der Waals surface area contributed by atoms with E-state index >= 15 is 0 Å². The molecule has 0 spiro atoms. The summed E-state index contributed by atoms with van der Waals surface area (Å²) < 4.78 is 0. The van der Waals surface area contributed by atoms with Crippen LogP contribution in [0.2, 0.25) is 5.02 Å². The van der Waals surface area contributed by atoms with E-state index in [0.717, 1.165) is 24.3 Å². The van der Waals surface area contributed by atoms with Gasteiger partial charge in [0.1, 0.15) is 0 Å². The van der Waals surface area contributed by atoms with Crippen LogP contribution in [0.1, 0.15) is 24.4 Å². The van der Waals surface area contributed by atoms with E-state index in [1.807, 2.05) is 18.2 Å². The predicted molar refractivity (Wildman–Crippen MR) is 66.9 cm³/mol. The third kappa shape index (κ3) is 2.32. The molecule has 88 valence electrons. The number of hydrogen-bond acceptors (Lipinski definition) is 3. The van der Waals surface area contributed by atoms with Gasteiger partial charge in [0, 0.05) is 23.8 Å². The number of hydrogen-bond donors (Lipinski definition) is 2. The van der Waals surface area contributed by atoms with E-state index < -0.39 is 0 Å². The monoisotopic (exact) mass is 240 g/mol. The molecule has 0 amide bonds. The average molecular weight is 241 g/mol. The highest BCUT2D eigenvalue weighted by Gasteiger charge is 2.15. The first-order valence-electron chi connectivity index (χ1n) is 5.63. The Labute approximate surface area is 101 Å². The van der Waals surface area contributed by atoms with Crippen LogP contribution in [0, 0.1) is 0 Å². The highest BCUT2D eigenvalue weighted by Crippen LogP contribution is 2.28. The molecule has 1 atom stereocenters. The quantitative estimate of drug-likeness (QED) is 0.849. The fourth-order valence-corrected chi connectivity index (χ4v) is 2.40. The van der Waals surface area contributed by atoms with Crippen molar-refractivity contribution in [3.63, 3.8) is 0 Å². The summed E-state index contributed by atoms with van der Waals surface area (Å²) in [5, 5.41) is 9.64. The molecule has 0 bridgehead atoms. The van der Waals surface area contributed by atoms with E-state index in [4.69, 9.17) is 22.4 Å². The van der Waals surface area contributed by atoms with Crippen molar-refractivity contribution in [2.75, 3.05) is 24.6 Å². The van der Waals surface area contributed by atoms with E-state index in [-0.39, 0.29) is 12.6 Å². The Morgan fingerprint density at radius 1 is 1.38 bits per heavy atom. The van der Waals surface area contributed by atoms with Gasteiger partial charge in [-0.1, -0.05) is 17.7 Å². The Kier molecular flexibility index (Phi) is 3.69. The first kappa shape index (κ1) is 11.7. The lowest BCUT2D eigenvalue weighted by molar-refractivity contribution is 0.268. The Balaban J connectivity index is 2.21. The number of benzene rings is 1. The molecule has 0 radical (unpaired) electrons. The van der Waals surface area contributed by atoms with E-state index in [0.29, 0.717) is 5.02 Å². The molecule has 0 unspecified atom stereocenters. The van der Waals surface area contributed by atoms with E-state index in [1.54, 1.807) is 0 Å². The van der Waals surface area contributed by atoms with Crippen molar-refractivity contribution in [3.8, 4) is 0 Å². The van der Waals surface area contributed by atoms with Crippen molar-refractivity contribution in [2.24, 2.45) is 5.73 Å². The van der Waals surface area contributed by atoms with Crippen LogP contribution in [-0.4, -0.2) is 24.8 Å². The van der Waals surface area contributed by atoms with Crippen molar-refractivity contribution in [3.05, 3.63) is 28.8 Å². The van der Waals surface area contributed by atoms with Gasteiger partial charge < -0.3 is 15.7 Å². The van der Waals surface area contributed by atoms with Gasteiger partial charge in [-0.15, -0.1) is 0 Å². The molecule has 0 aliphatic carbocycles. The summed E-state index contributed by atoms with van der Waals surface area (Å²) in [6.45, 7) is 2.12. The second-order valence-corrected chi connectivity index (χ2v) is 4.60. The molecule has 0 saturated carbocycles. The van der Waals surface area contributed by atoms with Crippen LogP contribution in [0.25, 0.3) is 0 Å². The summed E-state index contributed by atoms with van der Waals surface area (Å²) in [6, 6.07) is 5.50. The minimum absolute atomic E-state index is 0.0806. The van der Waals surface area contributed by atoms with Crippen LogP contribution < -0.4 is 10.6 Å². The highest BCUT2D eigenvalue weighted by atomic mass is 35.5. The Morgan fingerprint density at radius 2 is 2.06 bits per heavy atom. The standard InChI is InChI=1S/C12H17ClN2O/c13-11-7-9(15-5-1-2-6-15)3-4-10(11)12(14)8-16/h3-4,7,12,16H,1-2,5-6,8,14H2/t12-/m1/s1. The zero-order valence-corrected chi connectivity index (χ0v) is 9.95. The van der Waals surface area contributed by atoms with Gasteiger partial charge in [0.15, 0.2) is 0 Å². The van der Waals surface area contributed by atoms with E-state index in [9.17, 15) is 0 Å². The van der Waals surface area contributed by atoms with Gasteiger partial charge >= 0.3 is 0 Å². The van der Waals surface area contributed by atoms with Crippen LogP contribution in [0.4, 0.5) is 5.69 Å². The maximum atomic E-state index is 9.00. The van der Waals surface area contributed by atoms with Crippen LogP contribution in [0.15, 0.2) is 18.2 Å². The summed E-state index contributed by atoms with van der Waals surface area (Å²) in [4.78, 5) is 2.32. The highest BCUT2D eigenvalue weighted by molar-refractivity contribution is 6.31. The number of nitrogens with two attached hydrogens (primary N) is 1. The number of nitrogens with zero attached hydrogens (tertiary/aromatic N) is 1. The molecule has 4 heteroatoms. The fraction of sp³-hybridized carbons (Fsp3) is 0.500. The molecule has 0 aromatic heterocycles. The summed E-state index contributed by atoms with van der Waals surface area (Å²) in [6.07, 6.45) is 2.49. The van der Waals surface area contributed by atoms with Crippen LogP contribution in [-0.2, 0) is 0 Å². The van der Waals surface area contributed by atoms with E-state index in [1.165, 1.54) is 12.8 Å². The normalized spacial score (nSPS) is 17.8. The lowest BCUT2D eigenvalue weighted by Gasteiger charge is -2.19. The summed E-state index contributed by atoms with van der Waals surface area (Å²) in [7, 11) is 0. The largest absolute Gasteiger partial charge is 0.394 e. The van der Waals surface area contributed by atoms with Gasteiger partial charge in [-0.25, -0.2) is 0 Å². The van der Waals surface area contributed by atoms with Crippen molar-refractivity contribution < 1.29 is 5.11 Å². The van der Waals surface area contributed by atoms with Gasteiger partial charge in [0.05, 0.1) is 12.6 Å². The number of rotatable bonds is 3. The second-order valence-electron chi connectivity index (χ2n) is 4.19. The van der Waals surface area contributed by atoms with Gasteiger partial charge in [-0.3, -0.25) is 0 Å². The molecule has 3 nitrogen and oxygen atoms in total. The Hall–Kier alpha value is -0.770. The van der Waals surface area contributed by atoms with Gasteiger partial charge in [0.2, 0.25) is 0 Å². The predicted octanol–water partition coefficient (Wildman–Crippen LogP) is 1.93. The lowest BCUT2D eigenvalue weighted by Crippen LogP contribution is -2.19. The molecule has 1 heterocycles. The third-order valence-corrected chi connectivity index (χ3v) is 3.38. The summed E-state index contributed by atoms with van der Waals surface area (Å²) >= 11 is 6.16. The average Bonchev–Trinajstić information content (AvgIpc) is 2.81. The molecule has 3 N–H and O–H groups in total. The molecular weight excluding hydrogens is 224 g/mol. The number of halogens is 1. The SMILES string of the molecule is N[C@H](CO)c1ccc(N2CCCC2)cc1Cl. The summed E-state index contributed by atoms with van der Waals surface area (Å²) in [5.74, 6) is 0. The van der Waals surface area contributed by atoms with Crippen molar-refractivity contribution >= 4 is 17.3 Å². The number of aliphatic hydroxyl groups is 1. The number of anilines is 1. The van der Waals surface area contributed by atoms with E-state index in [2.05, 4.69) is 4.90 Å². The molecule has 1 aliphatic heterocycles. The van der Waals surface area contributed by atoms with Gasteiger partial charge in [-0.05, 0) is 30.5 Å². The topological polar surface area (TPSA) is 49.5 Å². The van der Waals surface area contributed by atoms with Crippen LogP contribution in [0.3, 0.4) is 0 Å². The summed E-state index contributed by atoms with van der Waals surface area (Å²) in [5.41, 5.74) is 7.71. The second kappa shape index (κ2) is 5.04. The molecule has 1 aromatic carbocycles. The molecule has 2 rings (SSSR count). The smallest absolute Gasteiger partial charge is 0.0624 e. The van der Waals surface area contributed by atoms with Crippen molar-refractivity contribution in [2.45, 2.75) is 18.9 Å². The molecule has 1 aromatic rings. The number of aliphatic hydroxyl groups excluding tert-OH is 1. The first-order valence-corrected chi connectivity index (χ1v) is 6.01. The van der Waals surface area contributed by atoms with Crippen molar-refractivity contribution in [1.29, 1.82) is 0 Å². The maximum absolute atomic E-state index is 9.00. The third-order valence-electron chi connectivity index (χ3n) is 3.05. The molecule has 1 fully saturated rings. The van der Waals surface area contributed by atoms with Gasteiger partial charge in [0.25, 0.3) is 0 Å². The molecule has 16 heavy (non-hydrogen) atoms. The minimum atomic E-state index is -0.389. The zero-order chi connectivity index (χ0) is 11.5. The van der Waals surface area contributed by atoms with Crippen molar-refractivity contribution in [1.82, 2.24) is 0 Å². The van der Waals surface area contributed by atoms with Gasteiger partial charge in [-0.2, -0.15) is 0 Å². The fourth-order valence-electron chi connectivity index (χ4n) is 2.09. The maximum Gasteiger partial charge on any atom is 0.0624 e. The lowest BCUT2D eigenvalue weighted by atomic mass is 10.1. The van der Waals surface area contributed by atoms with Crippen LogP contribution >= 0.6 is 11.6 Å². The zero-order valence-electron chi connectivity index (χ0n) is 9.19. The minimum Gasteiger partial charge on any atom is -0.394 e. The molecule has 1 aliphatic rings. The Bertz CT molecular complexity index is 364. The van der Waals surface area contributed by atoms with Crippen LogP contribution in [0.5, 0.6) is 0 Å². The molecular formula is C12H17ClN2O.